The van der Waals surface area contributed by atoms with Crippen molar-refractivity contribution in [2.24, 2.45) is 0 Å². The van der Waals surface area contributed by atoms with E-state index in [4.69, 9.17) is 4.74 Å². The van der Waals surface area contributed by atoms with Crippen molar-refractivity contribution >= 4 is 5.69 Å². The third-order valence-corrected chi connectivity index (χ3v) is 5.54. The van der Waals surface area contributed by atoms with Crippen molar-refractivity contribution in [3.8, 4) is 5.75 Å². The van der Waals surface area contributed by atoms with Gasteiger partial charge in [0.1, 0.15) is 0 Å². The quantitative estimate of drug-likeness (QED) is 0.622. The molecule has 0 saturated carbocycles. The Balaban J connectivity index is 1.65. The molecule has 0 atom stereocenters. The van der Waals surface area contributed by atoms with E-state index in [9.17, 15) is 9.50 Å². The van der Waals surface area contributed by atoms with Crippen molar-refractivity contribution < 1.29 is 14.2 Å². The van der Waals surface area contributed by atoms with E-state index < -0.39 is 0 Å². The predicted molar refractivity (Wildman–Crippen MR) is 114 cm³/mol. The average molecular weight is 391 g/mol. The minimum atomic E-state index is -0.330. The van der Waals surface area contributed by atoms with Crippen LogP contribution < -0.4 is 9.64 Å². The molecule has 0 aromatic heterocycles. The third kappa shape index (κ3) is 4.28. The van der Waals surface area contributed by atoms with Gasteiger partial charge >= 0.3 is 0 Å². The number of fused-ring (bicyclic) bond motifs is 1. The van der Waals surface area contributed by atoms with Gasteiger partial charge in [-0.05, 0) is 66.3 Å². The Morgan fingerprint density at radius 2 is 1.72 bits per heavy atom. The number of aliphatic hydroxyl groups excluding tert-OH is 1. The summed E-state index contributed by atoms with van der Waals surface area (Å²) in [6, 6.07) is 22.0. The third-order valence-electron chi connectivity index (χ3n) is 5.54. The van der Waals surface area contributed by atoms with Crippen molar-refractivity contribution in [2.75, 3.05) is 11.5 Å². The van der Waals surface area contributed by atoms with E-state index in [1.807, 2.05) is 31.2 Å². The summed E-state index contributed by atoms with van der Waals surface area (Å²) >= 11 is 0. The van der Waals surface area contributed by atoms with E-state index in [-0.39, 0.29) is 18.5 Å². The maximum Gasteiger partial charge on any atom is 0.165 e. The summed E-state index contributed by atoms with van der Waals surface area (Å²) in [6.07, 6.45) is 1.91. The van der Waals surface area contributed by atoms with Crippen LogP contribution in [0.3, 0.4) is 0 Å². The molecule has 29 heavy (non-hydrogen) atoms. The molecule has 0 unspecified atom stereocenters. The van der Waals surface area contributed by atoms with Gasteiger partial charge in [0.15, 0.2) is 11.6 Å². The molecule has 0 radical (unpaired) electrons. The van der Waals surface area contributed by atoms with Gasteiger partial charge in [0, 0.05) is 18.3 Å². The number of rotatable bonds is 7. The fourth-order valence-corrected chi connectivity index (χ4v) is 4.13. The summed E-state index contributed by atoms with van der Waals surface area (Å²) in [4.78, 5) is 2.33. The highest BCUT2D eigenvalue weighted by molar-refractivity contribution is 5.52. The zero-order valence-electron chi connectivity index (χ0n) is 16.6. The van der Waals surface area contributed by atoms with Gasteiger partial charge in [0.05, 0.1) is 13.2 Å². The molecule has 0 aliphatic heterocycles. The molecule has 3 aromatic rings. The first-order chi connectivity index (χ1) is 14.2. The Bertz CT molecular complexity index is 963. The topological polar surface area (TPSA) is 32.7 Å². The number of anilines is 1. The van der Waals surface area contributed by atoms with E-state index in [1.165, 1.54) is 11.1 Å². The van der Waals surface area contributed by atoms with Crippen molar-refractivity contribution in [1.29, 1.82) is 0 Å². The van der Waals surface area contributed by atoms with E-state index in [2.05, 4.69) is 35.2 Å². The molecule has 4 heteroatoms. The van der Waals surface area contributed by atoms with Gasteiger partial charge in [-0.1, -0.05) is 42.5 Å². The summed E-state index contributed by atoms with van der Waals surface area (Å²) in [6.45, 7) is 2.89. The lowest BCUT2D eigenvalue weighted by molar-refractivity contribution is 0.282. The van der Waals surface area contributed by atoms with Crippen molar-refractivity contribution in [3.05, 3.63) is 94.8 Å². The fourth-order valence-electron chi connectivity index (χ4n) is 4.13. The lowest BCUT2D eigenvalue weighted by Crippen LogP contribution is -2.35. The Kier molecular flexibility index (Phi) is 5.81. The Morgan fingerprint density at radius 1 is 0.966 bits per heavy atom. The van der Waals surface area contributed by atoms with Gasteiger partial charge in [0.25, 0.3) is 0 Å². The van der Waals surface area contributed by atoms with E-state index in [0.29, 0.717) is 18.9 Å². The number of hydrogen-bond donors (Lipinski definition) is 1. The van der Waals surface area contributed by atoms with Gasteiger partial charge in [-0.25, -0.2) is 4.39 Å². The minimum absolute atomic E-state index is 0.00422. The van der Waals surface area contributed by atoms with Gasteiger partial charge in [0.2, 0.25) is 0 Å². The molecule has 4 rings (SSSR count). The molecule has 150 valence electrons. The second-order valence-electron chi connectivity index (χ2n) is 7.48. The summed E-state index contributed by atoms with van der Waals surface area (Å²) in [5.74, 6) is -0.0403. The smallest absolute Gasteiger partial charge is 0.165 e. The second-order valence-corrected chi connectivity index (χ2v) is 7.48. The number of nitrogens with zero attached hydrogens (tertiary/aromatic N) is 1. The zero-order valence-corrected chi connectivity index (χ0v) is 16.6. The lowest BCUT2D eigenvalue weighted by atomic mass is 10.1. The molecule has 0 fully saturated rings. The number of aliphatic hydroxyl groups is 1. The highest BCUT2D eigenvalue weighted by Gasteiger charge is 2.27. The minimum Gasteiger partial charge on any atom is -0.491 e. The first kappa shape index (κ1) is 19.5. The zero-order chi connectivity index (χ0) is 20.2. The lowest BCUT2D eigenvalue weighted by Gasteiger charge is -2.32. The molecular formula is C25H26FNO2. The van der Waals surface area contributed by atoms with Crippen LogP contribution in [0.4, 0.5) is 10.1 Å². The highest BCUT2D eigenvalue weighted by Crippen LogP contribution is 2.31. The van der Waals surface area contributed by atoms with Gasteiger partial charge in [-0.3, -0.25) is 0 Å². The summed E-state index contributed by atoms with van der Waals surface area (Å²) < 4.78 is 19.8. The highest BCUT2D eigenvalue weighted by atomic mass is 19.1. The Morgan fingerprint density at radius 3 is 2.38 bits per heavy atom. The molecule has 1 aliphatic rings. The molecule has 1 aliphatic carbocycles. The molecular weight excluding hydrogens is 365 g/mol. The normalized spacial score (nSPS) is 13.3. The van der Waals surface area contributed by atoms with E-state index >= 15 is 0 Å². The van der Waals surface area contributed by atoms with Crippen molar-refractivity contribution in [3.63, 3.8) is 0 Å². The van der Waals surface area contributed by atoms with Gasteiger partial charge < -0.3 is 14.7 Å². The van der Waals surface area contributed by atoms with Crippen LogP contribution in [-0.4, -0.2) is 17.8 Å². The fraction of sp³-hybridized carbons (Fsp3) is 0.280. The molecule has 1 N–H and O–H groups in total. The SMILES string of the molecule is CCOc1ccc(CN(c2cccc(CO)c2)C2Cc3ccccc3C2)cc1F. The Hall–Kier alpha value is -2.85. The van der Waals surface area contributed by atoms with E-state index in [0.717, 1.165) is 29.7 Å². The number of halogens is 1. The van der Waals surface area contributed by atoms with Crippen LogP contribution in [0.1, 0.15) is 29.2 Å². The standard InChI is InChI=1S/C25H26FNO2/c1-2-29-25-11-10-18(13-24(25)26)16-27(22-9-5-6-19(12-22)17-28)23-14-20-7-3-4-8-21(20)15-23/h3-13,23,28H,2,14-17H2,1H3. The summed E-state index contributed by atoms with van der Waals surface area (Å²) in [5.41, 5.74) is 5.57. The monoisotopic (exact) mass is 391 g/mol. The number of ether oxygens (including phenoxy) is 1. The molecule has 0 spiro atoms. The van der Waals surface area contributed by atoms with Crippen LogP contribution in [0.5, 0.6) is 5.75 Å². The first-order valence-corrected chi connectivity index (χ1v) is 10.1. The maximum atomic E-state index is 14.4. The molecule has 0 saturated heterocycles. The van der Waals surface area contributed by atoms with Crippen LogP contribution in [0.15, 0.2) is 66.7 Å². The van der Waals surface area contributed by atoms with Crippen molar-refractivity contribution in [2.45, 2.75) is 39.0 Å². The largest absolute Gasteiger partial charge is 0.491 e. The second kappa shape index (κ2) is 8.66. The first-order valence-electron chi connectivity index (χ1n) is 10.1. The molecule has 0 bridgehead atoms. The molecule has 3 aromatic carbocycles. The maximum absolute atomic E-state index is 14.4. The molecule has 3 nitrogen and oxygen atoms in total. The number of hydrogen-bond acceptors (Lipinski definition) is 3. The predicted octanol–water partition coefficient (Wildman–Crippen LogP) is 4.89. The van der Waals surface area contributed by atoms with Gasteiger partial charge in [-0.2, -0.15) is 0 Å². The van der Waals surface area contributed by atoms with Crippen LogP contribution in [0, 0.1) is 5.82 Å². The van der Waals surface area contributed by atoms with Crippen LogP contribution in [-0.2, 0) is 26.0 Å². The van der Waals surface area contributed by atoms with Crippen LogP contribution >= 0.6 is 0 Å². The number of benzene rings is 3. The van der Waals surface area contributed by atoms with Crippen LogP contribution in [0.2, 0.25) is 0 Å². The molecule has 0 heterocycles. The van der Waals surface area contributed by atoms with Gasteiger partial charge in [-0.15, -0.1) is 0 Å². The van der Waals surface area contributed by atoms with Crippen LogP contribution in [0.25, 0.3) is 0 Å². The summed E-state index contributed by atoms with van der Waals surface area (Å²) in [5, 5.41) is 9.58. The molecule has 0 amide bonds. The van der Waals surface area contributed by atoms with Crippen molar-refractivity contribution in [1.82, 2.24) is 0 Å². The van der Waals surface area contributed by atoms with E-state index in [1.54, 1.807) is 12.1 Å². The Labute approximate surface area is 171 Å². The average Bonchev–Trinajstić information content (AvgIpc) is 3.18. The summed E-state index contributed by atoms with van der Waals surface area (Å²) in [7, 11) is 0.